The van der Waals surface area contributed by atoms with Gasteiger partial charge < -0.3 is 23.5 Å². The molecule has 1 aliphatic heterocycles. The van der Waals surface area contributed by atoms with Crippen LogP contribution in [0.25, 0.3) is 11.0 Å². The molecule has 0 saturated carbocycles. The van der Waals surface area contributed by atoms with Gasteiger partial charge in [-0.1, -0.05) is 18.2 Å². The van der Waals surface area contributed by atoms with Crippen molar-refractivity contribution in [3.63, 3.8) is 0 Å². The highest BCUT2D eigenvalue weighted by Crippen LogP contribution is 2.32. The van der Waals surface area contributed by atoms with Crippen LogP contribution in [0, 0.1) is 13.8 Å². The van der Waals surface area contributed by atoms with Crippen molar-refractivity contribution in [2.75, 3.05) is 19.8 Å². The third-order valence-electron chi connectivity index (χ3n) is 5.14. The van der Waals surface area contributed by atoms with Crippen molar-refractivity contribution in [1.82, 2.24) is 9.55 Å². The lowest BCUT2D eigenvalue weighted by Crippen LogP contribution is -2.18. The standard InChI is InChI=1S/C22H26N2O4.ClH/c1-4-25-18-8-6-5-7-17(18)14-28-19-9-10-23-21-15(2)16(3)24(22(19)21)13-20-26-11-12-27-20;/h5-10,20H,4,11-14H2,1-3H3;1H. The smallest absolute Gasteiger partial charge is 0.175 e. The van der Waals surface area contributed by atoms with E-state index >= 15 is 0 Å². The zero-order valence-electron chi connectivity index (χ0n) is 17.0. The van der Waals surface area contributed by atoms with Gasteiger partial charge in [0, 0.05) is 23.5 Å². The second-order valence-electron chi connectivity index (χ2n) is 6.83. The number of hydrogen-bond acceptors (Lipinski definition) is 5. The summed E-state index contributed by atoms with van der Waals surface area (Å²) in [7, 11) is 0. The maximum absolute atomic E-state index is 6.24. The van der Waals surface area contributed by atoms with Crippen LogP contribution in [-0.2, 0) is 22.6 Å². The molecule has 2 aromatic heterocycles. The summed E-state index contributed by atoms with van der Waals surface area (Å²) < 4.78 is 25.5. The van der Waals surface area contributed by atoms with Crippen molar-refractivity contribution in [1.29, 1.82) is 0 Å². The fourth-order valence-corrected chi connectivity index (χ4v) is 3.59. The lowest BCUT2D eigenvalue weighted by molar-refractivity contribution is -0.0520. The Kier molecular flexibility index (Phi) is 7.00. The molecule has 6 nitrogen and oxygen atoms in total. The first-order valence-electron chi connectivity index (χ1n) is 9.70. The number of fused-ring (bicyclic) bond motifs is 1. The second-order valence-corrected chi connectivity index (χ2v) is 6.83. The summed E-state index contributed by atoms with van der Waals surface area (Å²) in [6.07, 6.45) is 1.56. The number of halogens is 1. The fraction of sp³-hybridized carbons (Fsp3) is 0.409. The number of rotatable bonds is 7. The monoisotopic (exact) mass is 418 g/mol. The van der Waals surface area contributed by atoms with Crippen molar-refractivity contribution in [2.24, 2.45) is 0 Å². The summed E-state index contributed by atoms with van der Waals surface area (Å²) in [6.45, 7) is 9.11. The number of nitrogens with zero attached hydrogens (tertiary/aromatic N) is 2. The second kappa shape index (κ2) is 9.48. The Morgan fingerprint density at radius 3 is 2.59 bits per heavy atom. The number of pyridine rings is 1. The SMILES string of the molecule is CCOc1ccccc1COc1ccnc2c(C)c(C)n(CC3OCCO3)c12.Cl. The van der Waals surface area contributed by atoms with Gasteiger partial charge in [-0.15, -0.1) is 12.4 Å². The molecule has 0 aliphatic carbocycles. The average molecular weight is 419 g/mol. The molecule has 0 spiro atoms. The molecular formula is C22H27ClN2O4. The predicted octanol–water partition coefficient (Wildman–Crippen LogP) is 4.43. The molecule has 4 rings (SSSR count). The Morgan fingerprint density at radius 1 is 1.07 bits per heavy atom. The summed E-state index contributed by atoms with van der Waals surface area (Å²) in [5, 5.41) is 0. The van der Waals surface area contributed by atoms with E-state index in [4.69, 9.17) is 18.9 Å². The van der Waals surface area contributed by atoms with Crippen LogP contribution < -0.4 is 9.47 Å². The highest BCUT2D eigenvalue weighted by Gasteiger charge is 2.22. The van der Waals surface area contributed by atoms with E-state index in [1.807, 2.05) is 37.3 Å². The minimum absolute atomic E-state index is 0. The molecule has 1 aliphatic rings. The topological polar surface area (TPSA) is 54.7 Å². The molecule has 0 atom stereocenters. The van der Waals surface area contributed by atoms with E-state index in [9.17, 15) is 0 Å². The maximum Gasteiger partial charge on any atom is 0.175 e. The van der Waals surface area contributed by atoms with Gasteiger partial charge >= 0.3 is 0 Å². The van der Waals surface area contributed by atoms with E-state index in [0.29, 0.717) is 33.0 Å². The van der Waals surface area contributed by atoms with Crippen molar-refractivity contribution < 1.29 is 18.9 Å². The van der Waals surface area contributed by atoms with Crippen molar-refractivity contribution in [3.8, 4) is 11.5 Å². The minimum Gasteiger partial charge on any atom is -0.493 e. The number of ether oxygens (including phenoxy) is 4. The van der Waals surface area contributed by atoms with Crippen LogP contribution in [0.5, 0.6) is 11.5 Å². The van der Waals surface area contributed by atoms with E-state index in [1.165, 1.54) is 0 Å². The summed E-state index contributed by atoms with van der Waals surface area (Å²) in [4.78, 5) is 4.59. The average Bonchev–Trinajstić information content (AvgIpc) is 3.31. The van der Waals surface area contributed by atoms with Gasteiger partial charge in [0.1, 0.15) is 23.6 Å². The van der Waals surface area contributed by atoms with E-state index in [0.717, 1.165) is 39.4 Å². The molecule has 0 unspecified atom stereocenters. The van der Waals surface area contributed by atoms with Gasteiger partial charge in [-0.2, -0.15) is 0 Å². The van der Waals surface area contributed by atoms with E-state index < -0.39 is 0 Å². The molecule has 29 heavy (non-hydrogen) atoms. The van der Waals surface area contributed by atoms with Crippen molar-refractivity contribution >= 4 is 23.4 Å². The Bertz CT molecular complexity index is 967. The highest BCUT2D eigenvalue weighted by molar-refractivity contribution is 5.86. The number of benzene rings is 1. The molecular weight excluding hydrogens is 392 g/mol. The third kappa shape index (κ3) is 4.34. The van der Waals surface area contributed by atoms with Gasteiger partial charge in [0.25, 0.3) is 0 Å². The van der Waals surface area contributed by atoms with Crippen molar-refractivity contribution in [2.45, 2.75) is 40.2 Å². The lowest BCUT2D eigenvalue weighted by atomic mass is 10.2. The maximum atomic E-state index is 6.24. The van der Waals surface area contributed by atoms with Crippen LogP contribution in [0.3, 0.4) is 0 Å². The molecule has 0 bridgehead atoms. The third-order valence-corrected chi connectivity index (χ3v) is 5.14. The normalized spacial score (nSPS) is 14.2. The highest BCUT2D eigenvalue weighted by atomic mass is 35.5. The van der Waals surface area contributed by atoms with Crippen LogP contribution in [0.2, 0.25) is 0 Å². The quantitative estimate of drug-likeness (QED) is 0.568. The molecule has 0 radical (unpaired) electrons. The summed E-state index contributed by atoms with van der Waals surface area (Å²) in [5.41, 5.74) is 5.24. The van der Waals surface area contributed by atoms with Crippen LogP contribution in [0.1, 0.15) is 23.7 Å². The number of hydrogen-bond donors (Lipinski definition) is 0. The number of aryl methyl sites for hydroxylation is 1. The summed E-state index contributed by atoms with van der Waals surface area (Å²) >= 11 is 0. The Hall–Kier alpha value is -2.28. The van der Waals surface area contributed by atoms with Gasteiger partial charge in [0.2, 0.25) is 0 Å². The first-order valence-corrected chi connectivity index (χ1v) is 9.70. The van der Waals surface area contributed by atoms with Crippen LogP contribution >= 0.6 is 12.4 Å². The van der Waals surface area contributed by atoms with E-state index in [-0.39, 0.29) is 18.7 Å². The fourth-order valence-electron chi connectivity index (χ4n) is 3.59. The molecule has 1 aromatic carbocycles. The molecule has 1 saturated heterocycles. The van der Waals surface area contributed by atoms with Crippen LogP contribution in [0.4, 0.5) is 0 Å². The van der Waals surface area contributed by atoms with Gasteiger partial charge in [0.15, 0.2) is 6.29 Å². The van der Waals surface area contributed by atoms with Gasteiger partial charge in [-0.3, -0.25) is 4.98 Å². The molecule has 0 N–H and O–H groups in total. The first kappa shape index (κ1) is 21.4. The molecule has 156 valence electrons. The Balaban J connectivity index is 0.00000240. The minimum atomic E-state index is -0.236. The number of aromatic nitrogens is 2. The molecule has 7 heteroatoms. The summed E-state index contributed by atoms with van der Waals surface area (Å²) in [5.74, 6) is 1.65. The zero-order valence-corrected chi connectivity index (χ0v) is 17.8. The predicted molar refractivity (Wildman–Crippen MR) is 114 cm³/mol. The molecule has 3 heterocycles. The van der Waals surface area contributed by atoms with Gasteiger partial charge in [-0.25, -0.2) is 0 Å². The number of para-hydroxylation sites is 1. The van der Waals surface area contributed by atoms with Crippen LogP contribution in [-0.4, -0.2) is 35.7 Å². The van der Waals surface area contributed by atoms with Gasteiger partial charge in [0.05, 0.1) is 31.9 Å². The zero-order chi connectivity index (χ0) is 19.5. The van der Waals surface area contributed by atoms with Crippen molar-refractivity contribution in [3.05, 3.63) is 53.3 Å². The lowest BCUT2D eigenvalue weighted by Gasteiger charge is -2.16. The van der Waals surface area contributed by atoms with E-state index in [1.54, 1.807) is 6.20 Å². The molecule has 0 amide bonds. The molecule has 3 aromatic rings. The Morgan fingerprint density at radius 2 is 1.83 bits per heavy atom. The summed E-state index contributed by atoms with van der Waals surface area (Å²) in [6, 6.07) is 9.88. The Labute approximate surface area is 177 Å². The first-order chi connectivity index (χ1) is 13.7. The van der Waals surface area contributed by atoms with E-state index in [2.05, 4.69) is 23.4 Å². The van der Waals surface area contributed by atoms with Gasteiger partial charge in [-0.05, 0) is 32.4 Å². The largest absolute Gasteiger partial charge is 0.493 e. The molecule has 1 fully saturated rings. The van der Waals surface area contributed by atoms with Crippen LogP contribution in [0.15, 0.2) is 36.5 Å².